The zero-order valence-corrected chi connectivity index (χ0v) is 15.0. The first-order valence-electron chi connectivity index (χ1n) is 7.34. The van der Waals surface area contributed by atoms with Gasteiger partial charge in [-0.05, 0) is 11.6 Å². The molecule has 1 amide bonds. The summed E-state index contributed by atoms with van der Waals surface area (Å²) in [6, 6.07) is 1.68. The third-order valence-corrected chi connectivity index (χ3v) is 4.89. The Bertz CT molecular complexity index is 954. The first-order valence-corrected chi connectivity index (χ1v) is 8.10. The van der Waals surface area contributed by atoms with Gasteiger partial charge in [-0.3, -0.25) is 14.4 Å². The lowest BCUT2D eigenvalue weighted by molar-refractivity contribution is -0.150. The molecular weight excluding hydrogens is 371 g/mol. The molecule has 0 unspecified atom stereocenters. The molecule has 7 nitrogen and oxygen atoms in total. The predicted octanol–water partition coefficient (Wildman–Crippen LogP) is 2.25. The molecule has 0 saturated heterocycles. The second kappa shape index (κ2) is 6.57. The summed E-state index contributed by atoms with van der Waals surface area (Å²) in [6.45, 7) is 1.19. The summed E-state index contributed by atoms with van der Waals surface area (Å²) >= 11 is 12.4. The normalized spacial score (nSPS) is 13.0. The molecule has 2 aromatic rings. The van der Waals surface area contributed by atoms with Crippen molar-refractivity contribution in [1.82, 2.24) is 9.88 Å². The molecule has 1 aliphatic heterocycles. The zero-order valence-electron chi connectivity index (χ0n) is 13.4. The van der Waals surface area contributed by atoms with Gasteiger partial charge in [-0.1, -0.05) is 23.2 Å². The van der Waals surface area contributed by atoms with Crippen molar-refractivity contribution in [3.05, 3.63) is 37.6 Å². The summed E-state index contributed by atoms with van der Waals surface area (Å²) in [5, 5.41) is 1.04. The van der Waals surface area contributed by atoms with Gasteiger partial charge in [0.15, 0.2) is 6.61 Å². The lowest BCUT2D eigenvalue weighted by atomic mass is 10.1. The first-order chi connectivity index (χ1) is 11.8. The van der Waals surface area contributed by atoms with Crippen molar-refractivity contribution in [1.29, 1.82) is 0 Å². The molecule has 0 atom stereocenters. The average Bonchev–Trinajstić information content (AvgIpc) is 3.03. The number of hydrogen-bond acceptors (Lipinski definition) is 5. The van der Waals surface area contributed by atoms with Crippen LogP contribution in [0.1, 0.15) is 18.1 Å². The van der Waals surface area contributed by atoms with Crippen LogP contribution in [-0.4, -0.2) is 35.5 Å². The fourth-order valence-corrected chi connectivity index (χ4v) is 3.28. The molecule has 2 heterocycles. The van der Waals surface area contributed by atoms with Crippen LogP contribution in [-0.2, 0) is 27.4 Å². The number of nitrogens with one attached hydrogen (secondary N) is 1. The minimum absolute atomic E-state index is 0.128. The highest BCUT2D eigenvalue weighted by atomic mass is 35.5. The molecule has 0 fully saturated rings. The van der Waals surface area contributed by atoms with Gasteiger partial charge in [0, 0.05) is 24.4 Å². The number of carbonyl (C=O) groups is 2. The lowest BCUT2D eigenvalue weighted by Crippen LogP contribution is -2.30. The number of nitrogens with zero attached hydrogens (tertiary/aromatic N) is 1. The minimum Gasteiger partial charge on any atom is -0.495 e. The number of fused-ring (bicyclic) bond motifs is 3. The van der Waals surface area contributed by atoms with E-state index in [0.717, 1.165) is 0 Å². The van der Waals surface area contributed by atoms with E-state index in [1.807, 2.05) is 0 Å². The summed E-state index contributed by atoms with van der Waals surface area (Å²) in [6.07, 6.45) is 0. The number of carbonyl (C=O) groups excluding carboxylic acids is 2. The highest BCUT2D eigenvalue weighted by molar-refractivity contribution is 6.46. The number of methoxy groups -OCH3 is 1. The van der Waals surface area contributed by atoms with Crippen molar-refractivity contribution in [3.8, 4) is 5.75 Å². The van der Waals surface area contributed by atoms with Crippen LogP contribution in [0, 0.1) is 0 Å². The molecule has 0 bridgehead atoms. The zero-order chi connectivity index (χ0) is 18.3. The highest BCUT2D eigenvalue weighted by Crippen LogP contribution is 2.40. The highest BCUT2D eigenvalue weighted by Gasteiger charge is 2.29. The topological polar surface area (TPSA) is 88.7 Å². The maximum absolute atomic E-state index is 12.4. The van der Waals surface area contributed by atoms with Gasteiger partial charge < -0.3 is 19.4 Å². The molecule has 132 valence electrons. The molecule has 1 N–H and O–H groups in total. The molecule has 0 saturated carbocycles. The second-order valence-electron chi connectivity index (χ2n) is 5.57. The van der Waals surface area contributed by atoms with Crippen LogP contribution < -0.4 is 10.3 Å². The largest absolute Gasteiger partial charge is 0.495 e. The van der Waals surface area contributed by atoms with Gasteiger partial charge in [0.05, 0.1) is 24.2 Å². The maximum atomic E-state index is 12.4. The van der Waals surface area contributed by atoms with E-state index in [9.17, 15) is 14.4 Å². The Balaban J connectivity index is 2.05. The number of amides is 1. The van der Waals surface area contributed by atoms with Crippen molar-refractivity contribution in [3.63, 3.8) is 0 Å². The minimum atomic E-state index is -0.542. The molecule has 1 aliphatic rings. The van der Waals surface area contributed by atoms with Gasteiger partial charge in [0.1, 0.15) is 10.8 Å². The van der Waals surface area contributed by atoms with Gasteiger partial charge >= 0.3 is 5.97 Å². The number of aromatic nitrogens is 1. The van der Waals surface area contributed by atoms with Crippen molar-refractivity contribution in [2.24, 2.45) is 0 Å². The average molecular weight is 385 g/mol. The molecule has 3 rings (SSSR count). The molecular formula is C16H14Cl2N2O5. The van der Waals surface area contributed by atoms with E-state index < -0.39 is 5.97 Å². The van der Waals surface area contributed by atoms with E-state index >= 15 is 0 Å². The molecule has 1 aromatic carbocycles. The monoisotopic (exact) mass is 384 g/mol. The number of pyridine rings is 1. The van der Waals surface area contributed by atoms with Crippen molar-refractivity contribution >= 4 is 46.0 Å². The number of benzene rings is 1. The van der Waals surface area contributed by atoms with E-state index in [4.69, 9.17) is 32.7 Å². The SMILES string of the molecule is COc1cc2c3c(c(=O)[nH]c2c(Cl)c1Cl)CN(C(=O)COC(C)=O)C3. The van der Waals surface area contributed by atoms with Gasteiger partial charge in [0.25, 0.3) is 11.5 Å². The van der Waals surface area contributed by atoms with Crippen LogP contribution in [0.4, 0.5) is 0 Å². The quantitative estimate of drug-likeness (QED) is 0.819. The van der Waals surface area contributed by atoms with Crippen molar-refractivity contribution in [2.75, 3.05) is 13.7 Å². The van der Waals surface area contributed by atoms with E-state index in [1.165, 1.54) is 18.9 Å². The summed E-state index contributed by atoms with van der Waals surface area (Å²) in [4.78, 5) is 39.6. The molecule has 25 heavy (non-hydrogen) atoms. The Morgan fingerprint density at radius 2 is 1.92 bits per heavy atom. The van der Waals surface area contributed by atoms with Crippen molar-refractivity contribution < 1.29 is 19.1 Å². The predicted molar refractivity (Wildman–Crippen MR) is 92.0 cm³/mol. The number of esters is 1. The van der Waals surface area contributed by atoms with E-state index in [1.54, 1.807) is 6.07 Å². The van der Waals surface area contributed by atoms with Gasteiger partial charge in [-0.25, -0.2) is 0 Å². The fourth-order valence-electron chi connectivity index (χ4n) is 2.82. The Morgan fingerprint density at radius 3 is 2.56 bits per heavy atom. The van der Waals surface area contributed by atoms with Gasteiger partial charge in [0.2, 0.25) is 0 Å². The van der Waals surface area contributed by atoms with Crippen LogP contribution in [0.15, 0.2) is 10.9 Å². The Morgan fingerprint density at radius 1 is 1.24 bits per heavy atom. The molecule has 0 spiro atoms. The lowest BCUT2D eigenvalue weighted by Gasteiger charge is -2.15. The maximum Gasteiger partial charge on any atom is 0.303 e. The van der Waals surface area contributed by atoms with Crippen LogP contribution >= 0.6 is 23.2 Å². The fraction of sp³-hybridized carbons (Fsp3) is 0.312. The summed E-state index contributed by atoms with van der Waals surface area (Å²) in [7, 11) is 1.46. The van der Waals surface area contributed by atoms with Gasteiger partial charge in [-0.15, -0.1) is 0 Å². The molecule has 1 aromatic heterocycles. The third-order valence-electron chi connectivity index (χ3n) is 4.04. The number of ether oxygens (including phenoxy) is 2. The molecule has 0 aliphatic carbocycles. The Labute approximate surface area is 152 Å². The van der Waals surface area contributed by atoms with E-state index in [0.29, 0.717) is 27.8 Å². The van der Waals surface area contributed by atoms with Gasteiger partial charge in [-0.2, -0.15) is 0 Å². The van der Waals surface area contributed by atoms with Crippen LogP contribution in [0.25, 0.3) is 10.9 Å². The first kappa shape index (κ1) is 17.6. The standard InChI is InChI=1S/C16H14Cl2N2O5/c1-7(21)25-6-12(22)20-4-9-8-3-11(24-2)13(17)14(18)15(8)19-16(23)10(9)5-20/h3H,4-6H2,1-2H3,(H,19,23). The van der Waals surface area contributed by atoms with Crippen LogP contribution in [0.5, 0.6) is 5.75 Å². The third kappa shape index (κ3) is 3.05. The number of hydrogen-bond donors (Lipinski definition) is 1. The molecule has 0 radical (unpaired) electrons. The van der Waals surface area contributed by atoms with Crippen molar-refractivity contribution in [2.45, 2.75) is 20.0 Å². The number of H-pyrrole nitrogens is 1. The summed E-state index contributed by atoms with van der Waals surface area (Å²) < 4.78 is 9.95. The number of aromatic amines is 1. The number of rotatable bonds is 3. The Hall–Kier alpha value is -2.25. The van der Waals surface area contributed by atoms with Crippen LogP contribution in [0.2, 0.25) is 10.0 Å². The second-order valence-corrected chi connectivity index (χ2v) is 6.33. The van der Waals surface area contributed by atoms with E-state index in [-0.39, 0.29) is 41.2 Å². The molecule has 9 heteroatoms. The van der Waals surface area contributed by atoms with Crippen LogP contribution in [0.3, 0.4) is 0 Å². The summed E-state index contributed by atoms with van der Waals surface area (Å²) in [5.74, 6) is -0.552. The smallest absolute Gasteiger partial charge is 0.303 e. The summed E-state index contributed by atoms with van der Waals surface area (Å²) in [5.41, 5.74) is 1.19. The Kier molecular flexibility index (Phi) is 4.62. The van der Waals surface area contributed by atoms with E-state index in [2.05, 4.69) is 4.98 Å². The number of halogens is 2.